The third-order valence-electron chi connectivity index (χ3n) is 4.77. The standard InChI is InChI=1S/C16H32N2O2/c1-6-13(4)18(5)14-10-9-11-16(12-14,17-7-2)15(19)20-8-3/h13-14,17H,6-12H2,1-5H3. The highest BCUT2D eigenvalue weighted by molar-refractivity contribution is 5.81. The summed E-state index contributed by atoms with van der Waals surface area (Å²) >= 11 is 0. The second-order valence-electron chi connectivity index (χ2n) is 6.01. The Hall–Kier alpha value is -0.610. The summed E-state index contributed by atoms with van der Waals surface area (Å²) in [6.45, 7) is 9.67. The molecule has 0 aromatic carbocycles. The number of carbonyl (C=O) groups is 1. The second-order valence-corrected chi connectivity index (χ2v) is 6.01. The van der Waals surface area contributed by atoms with E-state index in [-0.39, 0.29) is 5.97 Å². The minimum Gasteiger partial charge on any atom is -0.465 e. The van der Waals surface area contributed by atoms with Crippen molar-refractivity contribution < 1.29 is 9.53 Å². The van der Waals surface area contributed by atoms with Crippen molar-refractivity contribution in [1.82, 2.24) is 10.2 Å². The van der Waals surface area contributed by atoms with Gasteiger partial charge in [-0.15, -0.1) is 0 Å². The molecule has 0 aromatic rings. The van der Waals surface area contributed by atoms with Gasteiger partial charge in [-0.25, -0.2) is 0 Å². The van der Waals surface area contributed by atoms with E-state index in [9.17, 15) is 4.79 Å². The number of rotatable bonds is 7. The molecule has 1 rings (SSSR count). The van der Waals surface area contributed by atoms with E-state index < -0.39 is 5.54 Å². The van der Waals surface area contributed by atoms with Crippen molar-refractivity contribution in [2.45, 2.75) is 77.4 Å². The second kappa shape index (κ2) is 7.99. The third-order valence-corrected chi connectivity index (χ3v) is 4.77. The third kappa shape index (κ3) is 3.95. The predicted octanol–water partition coefficient (Wildman–Crippen LogP) is 2.57. The van der Waals surface area contributed by atoms with Gasteiger partial charge in [0.05, 0.1) is 6.61 Å². The van der Waals surface area contributed by atoms with Gasteiger partial charge in [0.2, 0.25) is 0 Å². The smallest absolute Gasteiger partial charge is 0.326 e. The van der Waals surface area contributed by atoms with Gasteiger partial charge in [-0.1, -0.05) is 13.8 Å². The van der Waals surface area contributed by atoms with E-state index in [0.717, 1.165) is 32.2 Å². The summed E-state index contributed by atoms with van der Waals surface area (Å²) in [5.41, 5.74) is -0.477. The van der Waals surface area contributed by atoms with Crippen LogP contribution in [0.2, 0.25) is 0 Å². The molecule has 4 nitrogen and oxygen atoms in total. The molecule has 0 saturated heterocycles. The molecule has 1 saturated carbocycles. The molecule has 0 heterocycles. The highest BCUT2D eigenvalue weighted by Crippen LogP contribution is 2.33. The zero-order valence-electron chi connectivity index (χ0n) is 13.9. The molecule has 0 aliphatic heterocycles. The van der Waals surface area contributed by atoms with Crippen molar-refractivity contribution in [3.8, 4) is 0 Å². The lowest BCUT2D eigenvalue weighted by Crippen LogP contribution is -2.59. The Morgan fingerprint density at radius 3 is 2.70 bits per heavy atom. The fourth-order valence-electron chi connectivity index (χ4n) is 3.27. The van der Waals surface area contributed by atoms with Crippen molar-refractivity contribution in [2.75, 3.05) is 20.2 Å². The minimum absolute atomic E-state index is 0.0656. The Morgan fingerprint density at radius 2 is 2.15 bits per heavy atom. The molecular formula is C16H32N2O2. The van der Waals surface area contributed by atoms with Crippen molar-refractivity contribution in [2.24, 2.45) is 0 Å². The molecule has 0 amide bonds. The number of nitrogens with zero attached hydrogens (tertiary/aromatic N) is 1. The molecule has 1 N–H and O–H groups in total. The van der Waals surface area contributed by atoms with E-state index in [1.807, 2.05) is 6.92 Å². The quantitative estimate of drug-likeness (QED) is 0.730. The average molecular weight is 284 g/mol. The van der Waals surface area contributed by atoms with Crippen LogP contribution in [-0.2, 0) is 9.53 Å². The Kier molecular flexibility index (Phi) is 6.96. The lowest BCUT2D eigenvalue weighted by Gasteiger charge is -2.44. The molecular weight excluding hydrogens is 252 g/mol. The largest absolute Gasteiger partial charge is 0.465 e. The molecule has 3 unspecified atom stereocenters. The van der Waals surface area contributed by atoms with Crippen LogP contribution in [0.25, 0.3) is 0 Å². The van der Waals surface area contributed by atoms with Gasteiger partial charge in [-0.2, -0.15) is 0 Å². The van der Waals surface area contributed by atoms with E-state index in [1.165, 1.54) is 6.42 Å². The first kappa shape index (κ1) is 17.4. The number of carbonyl (C=O) groups excluding carboxylic acids is 1. The summed E-state index contributed by atoms with van der Waals surface area (Å²) in [7, 11) is 2.19. The number of esters is 1. The Bertz CT molecular complexity index is 305. The van der Waals surface area contributed by atoms with Crippen molar-refractivity contribution in [1.29, 1.82) is 0 Å². The zero-order chi connectivity index (χ0) is 15.2. The number of nitrogens with one attached hydrogen (secondary N) is 1. The topological polar surface area (TPSA) is 41.6 Å². The molecule has 1 aliphatic carbocycles. The fourth-order valence-corrected chi connectivity index (χ4v) is 3.27. The number of ether oxygens (including phenoxy) is 1. The van der Waals surface area contributed by atoms with Gasteiger partial charge < -0.3 is 15.0 Å². The van der Waals surface area contributed by atoms with Gasteiger partial charge in [-0.3, -0.25) is 4.79 Å². The molecule has 118 valence electrons. The molecule has 0 radical (unpaired) electrons. The molecule has 4 heteroatoms. The molecule has 0 spiro atoms. The summed E-state index contributed by atoms with van der Waals surface area (Å²) in [4.78, 5) is 14.8. The van der Waals surface area contributed by atoms with Gasteiger partial charge in [0.1, 0.15) is 5.54 Å². The van der Waals surface area contributed by atoms with Crippen molar-refractivity contribution >= 4 is 5.97 Å². The number of hydrogen-bond donors (Lipinski definition) is 1. The Balaban J connectivity index is 2.83. The van der Waals surface area contributed by atoms with E-state index in [1.54, 1.807) is 0 Å². The van der Waals surface area contributed by atoms with Crippen LogP contribution in [0.4, 0.5) is 0 Å². The monoisotopic (exact) mass is 284 g/mol. The van der Waals surface area contributed by atoms with Crippen LogP contribution < -0.4 is 5.32 Å². The van der Waals surface area contributed by atoms with E-state index in [4.69, 9.17) is 4.74 Å². The highest BCUT2D eigenvalue weighted by atomic mass is 16.5. The van der Waals surface area contributed by atoms with Crippen molar-refractivity contribution in [3.05, 3.63) is 0 Å². The number of hydrogen-bond acceptors (Lipinski definition) is 4. The summed E-state index contributed by atoms with van der Waals surface area (Å²) in [6.07, 6.45) is 5.15. The van der Waals surface area contributed by atoms with Gasteiger partial charge in [0, 0.05) is 12.1 Å². The maximum Gasteiger partial charge on any atom is 0.326 e. The van der Waals surface area contributed by atoms with E-state index in [2.05, 4.69) is 38.0 Å². The highest BCUT2D eigenvalue weighted by Gasteiger charge is 2.44. The van der Waals surface area contributed by atoms with E-state index >= 15 is 0 Å². The van der Waals surface area contributed by atoms with E-state index in [0.29, 0.717) is 18.7 Å². The molecule has 1 aliphatic rings. The summed E-state index contributed by atoms with van der Waals surface area (Å²) in [5, 5.41) is 3.42. The summed E-state index contributed by atoms with van der Waals surface area (Å²) < 4.78 is 5.33. The zero-order valence-corrected chi connectivity index (χ0v) is 13.9. The van der Waals surface area contributed by atoms with Gasteiger partial charge >= 0.3 is 5.97 Å². The fraction of sp³-hybridized carbons (Fsp3) is 0.938. The minimum atomic E-state index is -0.477. The molecule has 3 atom stereocenters. The van der Waals surface area contributed by atoms with Gasteiger partial charge in [0.15, 0.2) is 0 Å². The van der Waals surface area contributed by atoms with Crippen LogP contribution in [0.15, 0.2) is 0 Å². The molecule has 1 fully saturated rings. The summed E-state index contributed by atoms with van der Waals surface area (Å²) in [5.74, 6) is -0.0656. The van der Waals surface area contributed by atoms with Crippen LogP contribution in [0.5, 0.6) is 0 Å². The van der Waals surface area contributed by atoms with Crippen LogP contribution in [-0.4, -0.2) is 48.7 Å². The first-order valence-corrected chi connectivity index (χ1v) is 8.14. The normalized spacial score (nSPS) is 28.4. The maximum atomic E-state index is 12.4. The SMILES string of the molecule is CCNC1(C(=O)OCC)CCCC(N(C)C(C)CC)C1. The van der Waals surface area contributed by atoms with Crippen LogP contribution in [0.1, 0.15) is 59.8 Å². The van der Waals surface area contributed by atoms with Crippen LogP contribution in [0, 0.1) is 0 Å². The maximum absolute atomic E-state index is 12.4. The van der Waals surface area contributed by atoms with Gasteiger partial charge in [-0.05, 0) is 59.5 Å². The Morgan fingerprint density at radius 1 is 1.45 bits per heavy atom. The molecule has 0 bridgehead atoms. The average Bonchev–Trinajstić information content (AvgIpc) is 2.46. The van der Waals surface area contributed by atoms with Gasteiger partial charge in [0.25, 0.3) is 0 Å². The molecule has 0 aromatic heterocycles. The summed E-state index contributed by atoms with van der Waals surface area (Å²) in [6, 6.07) is 1.02. The van der Waals surface area contributed by atoms with Crippen molar-refractivity contribution in [3.63, 3.8) is 0 Å². The van der Waals surface area contributed by atoms with Crippen LogP contribution >= 0.6 is 0 Å². The first-order valence-electron chi connectivity index (χ1n) is 8.14. The lowest BCUT2D eigenvalue weighted by atomic mass is 9.78. The molecule has 20 heavy (non-hydrogen) atoms. The van der Waals surface area contributed by atoms with Crippen LogP contribution in [0.3, 0.4) is 0 Å². The Labute approximate surface area is 124 Å². The lowest BCUT2D eigenvalue weighted by molar-refractivity contribution is -0.154. The predicted molar refractivity (Wildman–Crippen MR) is 82.8 cm³/mol. The number of likely N-dealkylation sites (N-methyl/N-ethyl adjacent to an activating group) is 1. The first-order chi connectivity index (χ1) is 9.50.